The molecule has 4 rings (SSSR count). The number of carbonyl (C=O) groups excluding carboxylic acids is 2. The summed E-state index contributed by atoms with van der Waals surface area (Å²) in [5, 5.41) is 6.26. The van der Waals surface area contributed by atoms with Crippen LogP contribution >= 0.6 is 11.3 Å². The Balaban J connectivity index is 1.33. The second kappa shape index (κ2) is 7.77. The molecule has 1 aliphatic rings. The summed E-state index contributed by atoms with van der Waals surface area (Å²) in [4.78, 5) is 25.1. The molecule has 0 saturated carbocycles. The molecule has 0 spiro atoms. The Hall–Kier alpha value is -3.26. The molecule has 0 bridgehead atoms. The molecular formula is C20H18N2O5S. The summed E-state index contributed by atoms with van der Waals surface area (Å²) >= 11 is 1.23. The van der Waals surface area contributed by atoms with Crippen molar-refractivity contribution >= 4 is 28.2 Å². The Morgan fingerprint density at radius 3 is 2.79 bits per heavy atom. The summed E-state index contributed by atoms with van der Waals surface area (Å²) in [6.07, 6.45) is 2.11. The number of thiophene rings is 1. The van der Waals surface area contributed by atoms with Gasteiger partial charge in [0.1, 0.15) is 0 Å². The summed E-state index contributed by atoms with van der Waals surface area (Å²) in [5.41, 5.74) is 1.86. The highest BCUT2D eigenvalue weighted by molar-refractivity contribution is 7.18. The summed E-state index contributed by atoms with van der Waals surface area (Å²) in [6.45, 7) is 2.57. The van der Waals surface area contributed by atoms with E-state index in [1.54, 1.807) is 18.2 Å². The summed E-state index contributed by atoms with van der Waals surface area (Å²) in [6, 6.07) is 10.8. The van der Waals surface area contributed by atoms with Gasteiger partial charge in [-0.2, -0.15) is 0 Å². The molecule has 0 unspecified atom stereocenters. The van der Waals surface area contributed by atoms with Gasteiger partial charge in [-0.1, -0.05) is 6.07 Å². The van der Waals surface area contributed by atoms with E-state index in [9.17, 15) is 9.59 Å². The smallest absolute Gasteiger partial charge is 0.291 e. The zero-order valence-corrected chi connectivity index (χ0v) is 15.9. The van der Waals surface area contributed by atoms with Crippen molar-refractivity contribution < 1.29 is 23.5 Å². The van der Waals surface area contributed by atoms with Gasteiger partial charge >= 0.3 is 0 Å². The Morgan fingerprint density at radius 2 is 1.96 bits per heavy atom. The van der Waals surface area contributed by atoms with Crippen LogP contribution in [0, 0.1) is 6.92 Å². The molecular weight excluding hydrogens is 380 g/mol. The molecule has 2 amide bonds. The average molecular weight is 398 g/mol. The lowest BCUT2D eigenvalue weighted by Gasteiger charge is -2.06. The lowest BCUT2D eigenvalue weighted by atomic mass is 10.1. The number of hydrogen-bond donors (Lipinski definition) is 2. The number of aryl methyl sites for hydroxylation is 1. The number of furan rings is 1. The minimum atomic E-state index is -0.346. The van der Waals surface area contributed by atoms with Crippen LogP contribution in [-0.4, -0.2) is 25.2 Å². The lowest BCUT2D eigenvalue weighted by molar-refractivity contribution is 0.0956. The standard InChI is InChI=1S/C20H18N2O5S/c1-12-9-17(22-19(23)15-3-2-8-25-15)28-18(12)20(24)21-7-6-13-4-5-14-16(10-13)27-11-26-14/h2-5,8-10H,6-7,11H2,1H3,(H,21,24)(H,22,23). The maximum Gasteiger partial charge on any atom is 0.291 e. The third-order valence-corrected chi connectivity index (χ3v) is 5.39. The Bertz CT molecular complexity index is 1010. The maximum absolute atomic E-state index is 12.5. The highest BCUT2D eigenvalue weighted by atomic mass is 32.1. The van der Waals surface area contributed by atoms with Crippen LogP contribution in [0.1, 0.15) is 31.4 Å². The van der Waals surface area contributed by atoms with Crippen molar-refractivity contribution in [2.75, 3.05) is 18.7 Å². The molecule has 8 heteroatoms. The van der Waals surface area contributed by atoms with Gasteiger partial charge < -0.3 is 24.5 Å². The number of benzene rings is 1. The van der Waals surface area contributed by atoms with Gasteiger partial charge in [-0.3, -0.25) is 9.59 Å². The molecule has 1 aliphatic heterocycles. The SMILES string of the molecule is Cc1cc(NC(=O)c2ccco2)sc1C(=O)NCCc1ccc2c(c1)OCO2. The van der Waals surface area contributed by atoms with E-state index in [1.165, 1.54) is 17.6 Å². The highest BCUT2D eigenvalue weighted by Gasteiger charge is 2.17. The van der Waals surface area contributed by atoms with Crippen LogP contribution in [0.4, 0.5) is 5.00 Å². The van der Waals surface area contributed by atoms with E-state index in [1.807, 2.05) is 25.1 Å². The van der Waals surface area contributed by atoms with Gasteiger partial charge in [0.15, 0.2) is 17.3 Å². The van der Waals surface area contributed by atoms with Crippen molar-refractivity contribution in [2.45, 2.75) is 13.3 Å². The molecule has 0 aliphatic carbocycles. The topological polar surface area (TPSA) is 89.8 Å². The van der Waals surface area contributed by atoms with E-state index < -0.39 is 0 Å². The van der Waals surface area contributed by atoms with Crippen LogP contribution in [0.25, 0.3) is 0 Å². The van der Waals surface area contributed by atoms with E-state index in [-0.39, 0.29) is 24.4 Å². The summed E-state index contributed by atoms with van der Waals surface area (Å²) in [5.74, 6) is 1.18. The fraction of sp³-hybridized carbons (Fsp3) is 0.200. The van der Waals surface area contributed by atoms with Crippen LogP contribution in [0.3, 0.4) is 0 Å². The Morgan fingerprint density at radius 1 is 1.11 bits per heavy atom. The van der Waals surface area contributed by atoms with Gasteiger partial charge in [0, 0.05) is 6.54 Å². The molecule has 1 aromatic carbocycles. The first-order valence-electron chi connectivity index (χ1n) is 8.72. The van der Waals surface area contributed by atoms with Crippen LogP contribution < -0.4 is 20.1 Å². The number of fused-ring (bicyclic) bond motifs is 1. The van der Waals surface area contributed by atoms with Crippen LogP contribution in [-0.2, 0) is 6.42 Å². The normalized spacial score (nSPS) is 12.0. The van der Waals surface area contributed by atoms with Gasteiger partial charge in [0.2, 0.25) is 6.79 Å². The fourth-order valence-corrected chi connectivity index (χ4v) is 3.83. The lowest BCUT2D eigenvalue weighted by Crippen LogP contribution is -2.25. The molecule has 0 radical (unpaired) electrons. The van der Waals surface area contributed by atoms with Crippen molar-refractivity contribution in [3.8, 4) is 11.5 Å². The van der Waals surface area contributed by atoms with Gasteiger partial charge in [-0.05, 0) is 54.8 Å². The number of carbonyl (C=O) groups is 2. The first-order chi connectivity index (χ1) is 13.6. The molecule has 0 fully saturated rings. The Labute approximate surface area is 165 Å². The molecule has 0 saturated heterocycles. The third kappa shape index (κ3) is 3.86. The van der Waals surface area contributed by atoms with Gasteiger partial charge in [-0.15, -0.1) is 11.3 Å². The van der Waals surface area contributed by atoms with Crippen LogP contribution in [0.2, 0.25) is 0 Å². The summed E-state index contributed by atoms with van der Waals surface area (Å²) in [7, 11) is 0. The number of nitrogens with one attached hydrogen (secondary N) is 2. The van der Waals surface area contributed by atoms with Crippen molar-refractivity contribution in [3.63, 3.8) is 0 Å². The molecule has 28 heavy (non-hydrogen) atoms. The number of hydrogen-bond acceptors (Lipinski definition) is 6. The van der Waals surface area contributed by atoms with Crippen LogP contribution in [0.5, 0.6) is 11.5 Å². The predicted octanol–water partition coefficient (Wildman–Crippen LogP) is 3.60. The largest absolute Gasteiger partial charge is 0.459 e. The highest BCUT2D eigenvalue weighted by Crippen LogP contribution is 2.32. The maximum atomic E-state index is 12.5. The number of rotatable bonds is 6. The predicted molar refractivity (Wildman–Crippen MR) is 104 cm³/mol. The van der Waals surface area contributed by atoms with E-state index >= 15 is 0 Å². The van der Waals surface area contributed by atoms with Crippen molar-refractivity contribution in [1.29, 1.82) is 0 Å². The van der Waals surface area contributed by atoms with E-state index in [0.29, 0.717) is 22.8 Å². The van der Waals surface area contributed by atoms with Crippen molar-refractivity contribution in [1.82, 2.24) is 5.32 Å². The van der Waals surface area contributed by atoms with Gasteiger partial charge in [0.05, 0.1) is 16.1 Å². The van der Waals surface area contributed by atoms with E-state index in [2.05, 4.69) is 10.6 Å². The van der Waals surface area contributed by atoms with Crippen LogP contribution in [0.15, 0.2) is 47.1 Å². The van der Waals surface area contributed by atoms with Crippen molar-refractivity contribution in [3.05, 3.63) is 64.4 Å². The molecule has 7 nitrogen and oxygen atoms in total. The minimum absolute atomic E-state index is 0.165. The number of anilines is 1. The molecule has 2 N–H and O–H groups in total. The molecule has 144 valence electrons. The molecule has 0 atom stereocenters. The van der Waals surface area contributed by atoms with Gasteiger partial charge in [0.25, 0.3) is 11.8 Å². The first kappa shape index (κ1) is 18.1. The minimum Gasteiger partial charge on any atom is -0.459 e. The molecule has 2 aromatic heterocycles. The number of amides is 2. The quantitative estimate of drug-likeness (QED) is 0.662. The average Bonchev–Trinajstić information content (AvgIpc) is 3.42. The number of ether oxygens (including phenoxy) is 2. The Kier molecular flexibility index (Phi) is 5.03. The zero-order chi connectivity index (χ0) is 19.5. The monoisotopic (exact) mass is 398 g/mol. The second-order valence-electron chi connectivity index (χ2n) is 6.25. The second-order valence-corrected chi connectivity index (χ2v) is 7.30. The van der Waals surface area contributed by atoms with E-state index in [0.717, 1.165) is 22.6 Å². The third-order valence-electron chi connectivity index (χ3n) is 4.24. The van der Waals surface area contributed by atoms with Gasteiger partial charge in [-0.25, -0.2) is 0 Å². The summed E-state index contributed by atoms with van der Waals surface area (Å²) < 4.78 is 15.7. The molecule has 3 heterocycles. The first-order valence-corrected chi connectivity index (χ1v) is 9.54. The van der Waals surface area contributed by atoms with Crippen molar-refractivity contribution in [2.24, 2.45) is 0 Å². The van der Waals surface area contributed by atoms with E-state index in [4.69, 9.17) is 13.9 Å². The zero-order valence-electron chi connectivity index (χ0n) is 15.1. The molecule has 3 aromatic rings. The fourth-order valence-electron chi connectivity index (χ4n) is 2.85.